The molecule has 0 bridgehead atoms. The van der Waals surface area contributed by atoms with Crippen LogP contribution in [-0.2, 0) is 4.79 Å². The molecule has 1 heterocycles. The molecule has 1 aliphatic heterocycles. The maximum atomic E-state index is 10.9. The lowest BCUT2D eigenvalue weighted by atomic mass is 9.94. The van der Waals surface area contributed by atoms with Crippen LogP contribution in [0.5, 0.6) is 5.75 Å². The van der Waals surface area contributed by atoms with Crippen molar-refractivity contribution in [3.63, 3.8) is 0 Å². The molecule has 0 spiro atoms. The van der Waals surface area contributed by atoms with Crippen molar-refractivity contribution in [1.82, 2.24) is 4.90 Å². The van der Waals surface area contributed by atoms with Gasteiger partial charge in [0.15, 0.2) is 0 Å². The number of aliphatic hydroxyl groups excluding tert-OH is 1. The number of β-amino-alcohol motifs (C(OH)–C–C–N with tert-alkyl or cyclic N) is 1. The van der Waals surface area contributed by atoms with E-state index in [-0.39, 0.29) is 0 Å². The van der Waals surface area contributed by atoms with Gasteiger partial charge in [-0.3, -0.25) is 9.69 Å². The van der Waals surface area contributed by atoms with E-state index in [0.29, 0.717) is 32.7 Å². The highest BCUT2D eigenvalue weighted by atomic mass is 16.5. The predicted molar refractivity (Wildman–Crippen MR) is 79.6 cm³/mol. The van der Waals surface area contributed by atoms with Crippen LogP contribution in [0.2, 0.25) is 0 Å². The van der Waals surface area contributed by atoms with E-state index >= 15 is 0 Å². The van der Waals surface area contributed by atoms with Gasteiger partial charge in [-0.1, -0.05) is 17.7 Å². The van der Waals surface area contributed by atoms with E-state index in [1.54, 1.807) is 0 Å². The first-order valence-electron chi connectivity index (χ1n) is 7.30. The van der Waals surface area contributed by atoms with Gasteiger partial charge in [0, 0.05) is 13.1 Å². The second kappa shape index (κ2) is 6.91. The lowest BCUT2D eigenvalue weighted by molar-refractivity contribution is -0.148. The van der Waals surface area contributed by atoms with Gasteiger partial charge in [0.2, 0.25) is 0 Å². The van der Waals surface area contributed by atoms with Gasteiger partial charge in [-0.2, -0.15) is 0 Å². The van der Waals surface area contributed by atoms with Gasteiger partial charge in [0.25, 0.3) is 0 Å². The van der Waals surface area contributed by atoms with Gasteiger partial charge in [-0.15, -0.1) is 0 Å². The Bertz CT molecular complexity index is 503. The van der Waals surface area contributed by atoms with Crippen molar-refractivity contribution in [2.75, 3.05) is 26.2 Å². The van der Waals surface area contributed by atoms with Crippen LogP contribution < -0.4 is 4.74 Å². The van der Waals surface area contributed by atoms with Crippen molar-refractivity contribution in [2.24, 2.45) is 5.92 Å². The highest BCUT2D eigenvalue weighted by Gasteiger charge is 2.32. The minimum Gasteiger partial charge on any atom is -0.492 e. The molecule has 5 heteroatoms. The van der Waals surface area contributed by atoms with Gasteiger partial charge in [-0.05, 0) is 38.4 Å². The summed E-state index contributed by atoms with van der Waals surface area (Å²) in [5.74, 6) is -0.670. The van der Waals surface area contributed by atoms with Crippen LogP contribution in [0.1, 0.15) is 17.5 Å². The van der Waals surface area contributed by atoms with Gasteiger partial charge in [-0.25, -0.2) is 0 Å². The van der Waals surface area contributed by atoms with Crippen LogP contribution in [0.15, 0.2) is 18.2 Å². The zero-order chi connectivity index (χ0) is 15.4. The zero-order valence-electron chi connectivity index (χ0n) is 12.6. The van der Waals surface area contributed by atoms with Crippen molar-refractivity contribution in [3.05, 3.63) is 29.3 Å². The van der Waals surface area contributed by atoms with Crippen LogP contribution >= 0.6 is 0 Å². The molecule has 0 radical (unpaired) electrons. The van der Waals surface area contributed by atoms with E-state index in [1.165, 1.54) is 5.56 Å². The Hall–Kier alpha value is -1.59. The maximum absolute atomic E-state index is 10.9. The summed E-state index contributed by atoms with van der Waals surface area (Å²) in [5, 5.41) is 18.8. The van der Waals surface area contributed by atoms with E-state index in [2.05, 4.69) is 6.07 Å². The van der Waals surface area contributed by atoms with Crippen LogP contribution in [0.3, 0.4) is 0 Å². The molecular weight excluding hydrogens is 270 g/mol. The van der Waals surface area contributed by atoms with Crippen LogP contribution in [0, 0.1) is 19.8 Å². The molecular formula is C16H23NO4. The van der Waals surface area contributed by atoms with Crippen LogP contribution in [-0.4, -0.2) is 53.4 Å². The number of benzene rings is 1. The SMILES string of the molecule is Cc1ccc(OCCN2CC[C@H](C(=O)O)[C@H](O)C2)c(C)c1. The molecule has 116 valence electrons. The average Bonchev–Trinajstić information content (AvgIpc) is 2.41. The summed E-state index contributed by atoms with van der Waals surface area (Å²) < 4.78 is 5.76. The minimum absolute atomic E-state index is 0.396. The number of aliphatic hydroxyl groups is 1. The van der Waals surface area contributed by atoms with E-state index in [9.17, 15) is 9.90 Å². The maximum Gasteiger partial charge on any atom is 0.309 e. The number of likely N-dealkylation sites (tertiary alicyclic amines) is 1. The number of nitrogens with zero attached hydrogens (tertiary/aromatic N) is 1. The first-order valence-corrected chi connectivity index (χ1v) is 7.30. The highest BCUT2D eigenvalue weighted by molar-refractivity contribution is 5.70. The summed E-state index contributed by atoms with van der Waals surface area (Å²) in [6, 6.07) is 6.07. The number of hydrogen-bond acceptors (Lipinski definition) is 4. The third-order valence-corrected chi connectivity index (χ3v) is 3.98. The Morgan fingerprint density at radius 2 is 2.19 bits per heavy atom. The van der Waals surface area contributed by atoms with Gasteiger partial charge >= 0.3 is 5.97 Å². The molecule has 1 aliphatic rings. The van der Waals surface area contributed by atoms with Gasteiger partial charge < -0.3 is 14.9 Å². The summed E-state index contributed by atoms with van der Waals surface area (Å²) >= 11 is 0. The van der Waals surface area contributed by atoms with E-state index in [4.69, 9.17) is 9.84 Å². The van der Waals surface area contributed by atoms with E-state index in [1.807, 2.05) is 30.9 Å². The Balaban J connectivity index is 1.78. The highest BCUT2D eigenvalue weighted by Crippen LogP contribution is 2.20. The summed E-state index contributed by atoms with van der Waals surface area (Å²) in [7, 11) is 0. The Morgan fingerprint density at radius 1 is 1.43 bits per heavy atom. The standard InChI is InChI=1S/C16H23NO4/c1-11-3-4-15(12(2)9-11)21-8-7-17-6-5-13(16(19)20)14(18)10-17/h3-4,9,13-14,18H,5-8,10H2,1-2H3,(H,19,20)/t13-,14+/m0/s1. The molecule has 2 rings (SSSR count). The summed E-state index contributed by atoms with van der Waals surface area (Å²) in [5.41, 5.74) is 2.32. The number of ether oxygens (including phenoxy) is 1. The summed E-state index contributed by atoms with van der Waals surface area (Å²) in [6.07, 6.45) is -0.308. The third-order valence-electron chi connectivity index (χ3n) is 3.98. The van der Waals surface area contributed by atoms with Crippen molar-refractivity contribution in [3.8, 4) is 5.75 Å². The number of hydrogen-bond donors (Lipinski definition) is 2. The monoisotopic (exact) mass is 293 g/mol. The topological polar surface area (TPSA) is 70.0 Å². The fourth-order valence-corrected chi connectivity index (χ4v) is 2.73. The molecule has 2 N–H and O–H groups in total. The van der Waals surface area contributed by atoms with Gasteiger partial charge in [0.05, 0.1) is 12.0 Å². The van der Waals surface area contributed by atoms with Crippen LogP contribution in [0.25, 0.3) is 0 Å². The predicted octanol–water partition coefficient (Wildman–Crippen LogP) is 1.45. The van der Waals surface area contributed by atoms with Crippen molar-refractivity contribution < 1.29 is 19.7 Å². The smallest absolute Gasteiger partial charge is 0.309 e. The Labute approximate surface area is 125 Å². The molecule has 0 amide bonds. The first kappa shape index (κ1) is 15.8. The number of carboxylic acid groups (broad SMARTS) is 1. The fraction of sp³-hybridized carbons (Fsp3) is 0.562. The molecule has 1 aromatic carbocycles. The lowest BCUT2D eigenvalue weighted by Gasteiger charge is -2.33. The quantitative estimate of drug-likeness (QED) is 0.860. The van der Waals surface area contributed by atoms with E-state index in [0.717, 1.165) is 11.3 Å². The summed E-state index contributed by atoms with van der Waals surface area (Å²) in [6.45, 7) is 6.37. The van der Waals surface area contributed by atoms with E-state index < -0.39 is 18.0 Å². The fourth-order valence-electron chi connectivity index (χ4n) is 2.73. The Morgan fingerprint density at radius 3 is 2.81 bits per heavy atom. The number of aliphatic carboxylic acids is 1. The van der Waals surface area contributed by atoms with Crippen LogP contribution in [0.4, 0.5) is 0 Å². The van der Waals surface area contributed by atoms with Crippen molar-refractivity contribution in [1.29, 1.82) is 0 Å². The number of rotatable bonds is 5. The molecule has 0 aliphatic carbocycles. The summed E-state index contributed by atoms with van der Waals surface area (Å²) in [4.78, 5) is 13.0. The normalized spacial score (nSPS) is 23.0. The molecule has 0 unspecified atom stereocenters. The molecule has 1 saturated heterocycles. The molecule has 0 saturated carbocycles. The molecule has 0 aromatic heterocycles. The number of carboxylic acids is 1. The second-order valence-corrected chi connectivity index (χ2v) is 5.72. The third kappa shape index (κ3) is 4.19. The molecule has 1 aromatic rings. The minimum atomic E-state index is -0.909. The Kier molecular flexibility index (Phi) is 5.20. The largest absolute Gasteiger partial charge is 0.492 e. The van der Waals surface area contributed by atoms with Gasteiger partial charge in [0.1, 0.15) is 12.4 Å². The molecule has 5 nitrogen and oxygen atoms in total. The first-order chi connectivity index (χ1) is 9.97. The van der Waals surface area contributed by atoms with Crippen molar-refractivity contribution >= 4 is 5.97 Å². The number of carbonyl (C=O) groups is 1. The molecule has 1 fully saturated rings. The molecule has 2 atom stereocenters. The zero-order valence-corrected chi connectivity index (χ0v) is 12.6. The number of aryl methyl sites for hydroxylation is 2. The lowest BCUT2D eigenvalue weighted by Crippen LogP contribution is -2.47. The second-order valence-electron chi connectivity index (χ2n) is 5.72. The van der Waals surface area contributed by atoms with Crippen molar-refractivity contribution in [2.45, 2.75) is 26.4 Å². The number of piperidine rings is 1. The molecule has 21 heavy (non-hydrogen) atoms. The average molecular weight is 293 g/mol.